The van der Waals surface area contributed by atoms with E-state index in [0.29, 0.717) is 16.8 Å². The SMILES string of the molecule is O=C(Nc1ccc(Cl)cc1)[C@@H](C1CCCC1)N1CCN(C(=O)C2CCCC2)CC1. The summed E-state index contributed by atoms with van der Waals surface area (Å²) in [4.78, 5) is 30.4. The van der Waals surface area contributed by atoms with Crippen LogP contribution in [0.5, 0.6) is 0 Å². The molecule has 0 radical (unpaired) electrons. The number of hydrogen-bond donors (Lipinski definition) is 1. The number of piperazine rings is 1. The zero-order valence-corrected chi connectivity index (χ0v) is 17.9. The molecule has 1 aromatic carbocycles. The van der Waals surface area contributed by atoms with Gasteiger partial charge in [0.2, 0.25) is 11.8 Å². The standard InChI is InChI=1S/C23H32ClN3O2/c24-19-9-11-20(12-10-19)25-22(28)21(17-5-1-2-6-17)26-13-15-27(16-14-26)23(29)18-7-3-4-8-18/h9-12,17-18,21H,1-8,13-16H2,(H,25,28)/t21-/m1/s1. The third-order valence-corrected chi connectivity index (χ3v) is 7.20. The molecule has 5 nitrogen and oxygen atoms in total. The van der Waals surface area contributed by atoms with Gasteiger partial charge < -0.3 is 10.2 Å². The lowest BCUT2D eigenvalue weighted by Crippen LogP contribution is -2.57. The van der Waals surface area contributed by atoms with E-state index in [-0.39, 0.29) is 17.9 Å². The van der Waals surface area contributed by atoms with Gasteiger partial charge in [0, 0.05) is 42.8 Å². The maximum absolute atomic E-state index is 13.2. The third kappa shape index (κ3) is 4.95. The predicted octanol–water partition coefficient (Wildman–Crippen LogP) is 4.17. The van der Waals surface area contributed by atoms with Crippen molar-refractivity contribution in [1.82, 2.24) is 9.80 Å². The van der Waals surface area contributed by atoms with E-state index in [9.17, 15) is 9.59 Å². The Bertz CT molecular complexity index is 703. The van der Waals surface area contributed by atoms with Gasteiger partial charge >= 0.3 is 0 Å². The highest BCUT2D eigenvalue weighted by Crippen LogP contribution is 2.32. The van der Waals surface area contributed by atoms with E-state index < -0.39 is 0 Å². The summed E-state index contributed by atoms with van der Waals surface area (Å²) >= 11 is 5.97. The Labute approximate surface area is 178 Å². The summed E-state index contributed by atoms with van der Waals surface area (Å²) in [5, 5.41) is 3.77. The van der Waals surface area contributed by atoms with Gasteiger partial charge in [-0.15, -0.1) is 0 Å². The van der Waals surface area contributed by atoms with Gasteiger partial charge in [0.25, 0.3) is 0 Å². The van der Waals surface area contributed by atoms with Gasteiger partial charge in [-0.2, -0.15) is 0 Å². The number of carbonyl (C=O) groups excluding carboxylic acids is 2. The van der Waals surface area contributed by atoms with Crippen LogP contribution >= 0.6 is 11.6 Å². The molecule has 0 spiro atoms. The third-order valence-electron chi connectivity index (χ3n) is 6.95. The van der Waals surface area contributed by atoms with Crippen LogP contribution in [-0.4, -0.2) is 53.8 Å². The molecule has 0 unspecified atom stereocenters. The molecule has 2 saturated carbocycles. The number of halogens is 1. The summed E-state index contributed by atoms with van der Waals surface area (Å²) < 4.78 is 0. The minimum Gasteiger partial charge on any atom is -0.340 e. The molecule has 1 heterocycles. The number of amides is 2. The second-order valence-corrected chi connectivity index (χ2v) is 9.26. The van der Waals surface area contributed by atoms with Crippen molar-refractivity contribution in [2.75, 3.05) is 31.5 Å². The van der Waals surface area contributed by atoms with Crippen LogP contribution < -0.4 is 5.32 Å². The van der Waals surface area contributed by atoms with Crippen molar-refractivity contribution in [1.29, 1.82) is 0 Å². The van der Waals surface area contributed by atoms with E-state index in [1.54, 1.807) is 12.1 Å². The largest absolute Gasteiger partial charge is 0.340 e. The summed E-state index contributed by atoms with van der Waals surface area (Å²) in [5.41, 5.74) is 0.789. The molecule has 1 atom stereocenters. The fraction of sp³-hybridized carbons (Fsp3) is 0.652. The van der Waals surface area contributed by atoms with E-state index in [1.165, 1.54) is 25.7 Å². The molecule has 2 aliphatic carbocycles. The summed E-state index contributed by atoms with van der Waals surface area (Å²) in [7, 11) is 0. The van der Waals surface area contributed by atoms with Crippen molar-refractivity contribution in [3.63, 3.8) is 0 Å². The van der Waals surface area contributed by atoms with E-state index in [2.05, 4.69) is 10.2 Å². The van der Waals surface area contributed by atoms with Crippen LogP contribution in [0, 0.1) is 11.8 Å². The molecule has 0 bridgehead atoms. The quantitative estimate of drug-likeness (QED) is 0.782. The minimum atomic E-state index is -0.114. The zero-order valence-electron chi connectivity index (χ0n) is 17.1. The molecule has 1 aromatic rings. The molecule has 4 rings (SSSR count). The Morgan fingerprint density at radius 1 is 0.897 bits per heavy atom. The molecule has 3 fully saturated rings. The first-order valence-corrected chi connectivity index (χ1v) is 11.6. The number of carbonyl (C=O) groups is 2. The van der Waals surface area contributed by atoms with Crippen LogP contribution in [0.2, 0.25) is 5.02 Å². The highest BCUT2D eigenvalue weighted by Gasteiger charge is 2.38. The van der Waals surface area contributed by atoms with Crippen LogP contribution in [0.1, 0.15) is 51.4 Å². The lowest BCUT2D eigenvalue weighted by molar-refractivity contribution is -0.138. The zero-order chi connectivity index (χ0) is 20.2. The average molecular weight is 418 g/mol. The molecule has 158 valence electrons. The fourth-order valence-corrected chi connectivity index (χ4v) is 5.48. The summed E-state index contributed by atoms with van der Waals surface area (Å²) in [6.07, 6.45) is 9.10. The monoisotopic (exact) mass is 417 g/mol. The Kier molecular flexibility index (Phi) is 6.76. The van der Waals surface area contributed by atoms with Crippen molar-refractivity contribution < 1.29 is 9.59 Å². The molecular formula is C23H32ClN3O2. The molecule has 1 saturated heterocycles. The van der Waals surface area contributed by atoms with Crippen molar-refractivity contribution in [3.8, 4) is 0 Å². The Morgan fingerprint density at radius 2 is 1.48 bits per heavy atom. The van der Waals surface area contributed by atoms with Gasteiger partial charge in [0.1, 0.15) is 0 Å². The molecule has 2 amide bonds. The number of rotatable bonds is 5. The molecule has 0 aromatic heterocycles. The first-order chi connectivity index (χ1) is 14.1. The first-order valence-electron chi connectivity index (χ1n) is 11.2. The normalized spacial score (nSPS) is 22.7. The number of nitrogens with one attached hydrogen (secondary N) is 1. The second kappa shape index (κ2) is 9.48. The van der Waals surface area contributed by atoms with Crippen LogP contribution in [0.3, 0.4) is 0 Å². The van der Waals surface area contributed by atoms with E-state index >= 15 is 0 Å². The summed E-state index contributed by atoms with van der Waals surface area (Å²) in [5.74, 6) is 1.06. The highest BCUT2D eigenvalue weighted by atomic mass is 35.5. The van der Waals surface area contributed by atoms with Gasteiger partial charge in [-0.25, -0.2) is 0 Å². The summed E-state index contributed by atoms with van der Waals surface area (Å²) in [6.45, 7) is 3.06. The summed E-state index contributed by atoms with van der Waals surface area (Å²) in [6, 6.07) is 7.19. The van der Waals surface area contributed by atoms with Gasteiger partial charge in [0.05, 0.1) is 6.04 Å². The first kappa shape index (κ1) is 20.7. The van der Waals surface area contributed by atoms with Crippen LogP contribution in [0.15, 0.2) is 24.3 Å². The maximum atomic E-state index is 13.2. The Morgan fingerprint density at radius 3 is 2.10 bits per heavy atom. The van der Waals surface area contributed by atoms with Crippen LogP contribution in [-0.2, 0) is 9.59 Å². The molecule has 1 N–H and O–H groups in total. The van der Waals surface area contributed by atoms with Gasteiger partial charge in [-0.3, -0.25) is 14.5 Å². The topological polar surface area (TPSA) is 52.7 Å². The average Bonchev–Trinajstić information content (AvgIpc) is 3.44. The smallest absolute Gasteiger partial charge is 0.242 e. The predicted molar refractivity (Wildman–Crippen MR) is 116 cm³/mol. The second-order valence-electron chi connectivity index (χ2n) is 8.83. The van der Waals surface area contributed by atoms with E-state index in [0.717, 1.165) is 57.5 Å². The van der Waals surface area contributed by atoms with Gasteiger partial charge in [-0.05, 0) is 55.9 Å². The minimum absolute atomic E-state index is 0.0785. The molecule has 3 aliphatic rings. The van der Waals surface area contributed by atoms with E-state index in [1.807, 2.05) is 17.0 Å². The van der Waals surface area contributed by atoms with Crippen molar-refractivity contribution in [2.24, 2.45) is 11.8 Å². The number of hydrogen-bond acceptors (Lipinski definition) is 3. The molecule has 29 heavy (non-hydrogen) atoms. The number of nitrogens with zero attached hydrogens (tertiary/aromatic N) is 2. The Hall–Kier alpha value is -1.59. The van der Waals surface area contributed by atoms with Gasteiger partial charge in [-0.1, -0.05) is 37.3 Å². The molecule has 1 aliphatic heterocycles. The van der Waals surface area contributed by atoms with Crippen molar-refractivity contribution >= 4 is 29.1 Å². The number of anilines is 1. The van der Waals surface area contributed by atoms with E-state index in [4.69, 9.17) is 11.6 Å². The molecule has 6 heteroatoms. The lowest BCUT2D eigenvalue weighted by Gasteiger charge is -2.41. The maximum Gasteiger partial charge on any atom is 0.242 e. The molecular weight excluding hydrogens is 386 g/mol. The highest BCUT2D eigenvalue weighted by molar-refractivity contribution is 6.30. The number of benzene rings is 1. The van der Waals surface area contributed by atoms with Crippen LogP contribution in [0.25, 0.3) is 0 Å². The van der Waals surface area contributed by atoms with Gasteiger partial charge in [0.15, 0.2) is 0 Å². The lowest BCUT2D eigenvalue weighted by atomic mass is 9.94. The van der Waals surface area contributed by atoms with Crippen LogP contribution in [0.4, 0.5) is 5.69 Å². The fourth-order valence-electron chi connectivity index (χ4n) is 5.35. The Balaban J connectivity index is 1.40. The van der Waals surface area contributed by atoms with Crippen molar-refractivity contribution in [3.05, 3.63) is 29.3 Å². The van der Waals surface area contributed by atoms with Crippen molar-refractivity contribution in [2.45, 2.75) is 57.4 Å².